The number of rotatable bonds is 7. The highest BCUT2D eigenvalue weighted by atomic mass is 16.4. The molecule has 0 spiro atoms. The van der Waals surface area contributed by atoms with Gasteiger partial charge in [0.25, 0.3) is 0 Å². The molecule has 6 heteroatoms. The van der Waals surface area contributed by atoms with E-state index >= 15 is 0 Å². The molecule has 1 aliphatic heterocycles. The summed E-state index contributed by atoms with van der Waals surface area (Å²) in [6.45, 7) is 12.0. The zero-order valence-corrected chi connectivity index (χ0v) is 20.4. The number of carbonyl (C=O) groups is 1. The standard InChI is InChI=1S/C28H33N3O3/c1-5-30(6-2)19-12-14-21-24(17-19)34-25-18-20(31(7-3)8-4)13-15-22(25)26(21)23-11-9-10-16-28(23,29)27(32)33/h9-18,23H,5-8,29H2,1-4H3/p+1. The minimum atomic E-state index is -1.55. The lowest BCUT2D eigenvalue weighted by molar-refractivity contribution is -0.141. The van der Waals surface area contributed by atoms with Crippen LogP contribution in [0.4, 0.5) is 5.69 Å². The van der Waals surface area contributed by atoms with Crippen LogP contribution in [0.25, 0.3) is 22.3 Å². The van der Waals surface area contributed by atoms with Gasteiger partial charge in [-0.25, -0.2) is 9.37 Å². The molecule has 0 bridgehead atoms. The number of benzene rings is 2. The van der Waals surface area contributed by atoms with Gasteiger partial charge in [-0.3, -0.25) is 0 Å². The van der Waals surface area contributed by atoms with Crippen molar-refractivity contribution in [3.63, 3.8) is 0 Å². The lowest BCUT2D eigenvalue weighted by atomic mass is 9.74. The van der Waals surface area contributed by atoms with E-state index in [1.165, 1.54) is 0 Å². The fraction of sp³-hybridized carbons (Fsp3) is 0.357. The third kappa shape index (κ3) is 3.92. The maximum atomic E-state index is 12.3. The molecule has 1 heterocycles. The minimum absolute atomic E-state index is 0.546. The summed E-state index contributed by atoms with van der Waals surface area (Å²) in [5.41, 5.74) is 8.51. The molecule has 0 saturated carbocycles. The van der Waals surface area contributed by atoms with Crippen molar-refractivity contribution in [3.05, 3.63) is 71.6 Å². The molecule has 1 aromatic carbocycles. The number of carboxylic acid groups (broad SMARTS) is 1. The van der Waals surface area contributed by atoms with Crippen molar-refractivity contribution in [1.29, 1.82) is 0 Å². The van der Waals surface area contributed by atoms with Crippen LogP contribution in [0, 0.1) is 0 Å². The number of nitrogens with zero attached hydrogens (tertiary/aromatic N) is 2. The van der Waals surface area contributed by atoms with Crippen LogP contribution in [0.2, 0.25) is 0 Å². The van der Waals surface area contributed by atoms with E-state index in [2.05, 4.69) is 61.4 Å². The van der Waals surface area contributed by atoms with Gasteiger partial charge >= 0.3 is 5.97 Å². The monoisotopic (exact) mass is 460 g/mol. The Morgan fingerprint density at radius 2 is 1.82 bits per heavy atom. The molecule has 0 radical (unpaired) electrons. The van der Waals surface area contributed by atoms with E-state index in [9.17, 15) is 9.90 Å². The summed E-state index contributed by atoms with van der Waals surface area (Å²) >= 11 is 0. The van der Waals surface area contributed by atoms with Crippen LogP contribution in [-0.2, 0) is 4.79 Å². The van der Waals surface area contributed by atoms with Crippen molar-refractivity contribution < 1.29 is 14.3 Å². The zero-order chi connectivity index (χ0) is 24.5. The summed E-state index contributed by atoms with van der Waals surface area (Å²) in [6, 6.07) is 12.3. The molecule has 0 amide bonds. The Balaban J connectivity index is 2.09. The average molecular weight is 461 g/mol. The van der Waals surface area contributed by atoms with Crippen molar-refractivity contribution in [2.45, 2.75) is 39.2 Å². The van der Waals surface area contributed by atoms with Crippen molar-refractivity contribution in [3.8, 4) is 11.3 Å². The molecule has 2 aliphatic carbocycles. The molecule has 34 heavy (non-hydrogen) atoms. The molecule has 2 unspecified atom stereocenters. The number of aliphatic carboxylic acids is 1. The van der Waals surface area contributed by atoms with E-state index in [1.807, 2.05) is 24.3 Å². The van der Waals surface area contributed by atoms with Gasteiger partial charge in [-0.2, -0.15) is 0 Å². The Hall–Kier alpha value is -3.38. The first-order valence-electron chi connectivity index (χ1n) is 12.1. The zero-order valence-electron chi connectivity index (χ0n) is 20.4. The first-order valence-corrected chi connectivity index (χ1v) is 12.1. The molecule has 2 atom stereocenters. The van der Waals surface area contributed by atoms with Gasteiger partial charge in [-0.15, -0.1) is 0 Å². The highest BCUT2D eigenvalue weighted by Gasteiger charge is 2.43. The summed E-state index contributed by atoms with van der Waals surface area (Å²) in [5.74, 6) is -0.881. The molecule has 0 fully saturated rings. The van der Waals surface area contributed by atoms with Gasteiger partial charge in [0.2, 0.25) is 5.36 Å². The largest absolute Gasteiger partial charge is 0.480 e. The summed E-state index contributed by atoms with van der Waals surface area (Å²) < 4.78 is 8.75. The highest BCUT2D eigenvalue weighted by molar-refractivity contribution is 5.94. The number of nitrogens with two attached hydrogens (primary N) is 1. The Labute approximate surface area is 200 Å². The van der Waals surface area contributed by atoms with Gasteiger partial charge in [0.1, 0.15) is 30.0 Å². The van der Waals surface area contributed by atoms with E-state index in [0.29, 0.717) is 0 Å². The molecule has 3 aliphatic rings. The van der Waals surface area contributed by atoms with Crippen LogP contribution in [0.5, 0.6) is 0 Å². The van der Waals surface area contributed by atoms with E-state index < -0.39 is 17.4 Å². The van der Waals surface area contributed by atoms with Crippen LogP contribution in [0.1, 0.15) is 39.2 Å². The topological polar surface area (TPSA) is 82.7 Å². The second-order valence-electron chi connectivity index (χ2n) is 8.68. The maximum Gasteiger partial charge on any atom is 0.328 e. The summed E-state index contributed by atoms with van der Waals surface area (Å²) in [4.78, 5) is 14.6. The Morgan fingerprint density at radius 1 is 1.09 bits per heavy atom. The molecule has 0 saturated heterocycles. The fourth-order valence-corrected chi connectivity index (χ4v) is 5.00. The van der Waals surface area contributed by atoms with Crippen LogP contribution < -0.4 is 20.6 Å². The fourth-order valence-electron chi connectivity index (χ4n) is 5.00. The Kier molecular flexibility index (Phi) is 6.62. The average Bonchev–Trinajstić information content (AvgIpc) is 2.84. The molecule has 4 rings (SSSR count). The van der Waals surface area contributed by atoms with Gasteiger partial charge in [0, 0.05) is 47.8 Å². The van der Waals surface area contributed by atoms with Crippen LogP contribution in [0.3, 0.4) is 0 Å². The Morgan fingerprint density at radius 3 is 2.47 bits per heavy atom. The Bertz CT molecular complexity index is 1310. The second kappa shape index (κ2) is 9.47. The van der Waals surface area contributed by atoms with Crippen LogP contribution in [-0.4, -0.2) is 42.8 Å². The predicted octanol–water partition coefficient (Wildman–Crippen LogP) is 4.19. The van der Waals surface area contributed by atoms with Crippen molar-refractivity contribution in [2.24, 2.45) is 5.73 Å². The summed E-state index contributed by atoms with van der Waals surface area (Å²) in [7, 11) is 0. The minimum Gasteiger partial charge on any atom is -0.480 e. The number of anilines is 1. The maximum absolute atomic E-state index is 12.3. The molecule has 178 valence electrons. The second-order valence-corrected chi connectivity index (χ2v) is 8.68. The lowest BCUT2D eigenvalue weighted by Crippen LogP contribution is -2.51. The molecule has 3 N–H and O–H groups in total. The van der Waals surface area contributed by atoms with E-state index in [0.717, 1.165) is 65.1 Å². The molecule has 1 aromatic rings. The first kappa shape index (κ1) is 23.8. The predicted molar refractivity (Wildman–Crippen MR) is 138 cm³/mol. The normalized spacial score (nSPS) is 19.6. The van der Waals surface area contributed by atoms with Crippen LogP contribution in [0.15, 0.2) is 65.1 Å². The molecular weight excluding hydrogens is 426 g/mol. The van der Waals surface area contributed by atoms with Gasteiger partial charge in [-0.05, 0) is 51.5 Å². The number of carboxylic acids is 1. The molecule has 6 nitrogen and oxygen atoms in total. The van der Waals surface area contributed by atoms with Gasteiger partial charge in [0.05, 0.1) is 6.07 Å². The molecular formula is C28H34N3O3+. The van der Waals surface area contributed by atoms with Gasteiger partial charge < -0.3 is 20.2 Å². The number of allylic oxidation sites excluding steroid dienone is 2. The number of hydrogen-bond acceptors (Lipinski definition) is 4. The van der Waals surface area contributed by atoms with Gasteiger partial charge in [-0.1, -0.05) is 24.3 Å². The smallest absolute Gasteiger partial charge is 0.328 e. The van der Waals surface area contributed by atoms with E-state index in [1.54, 1.807) is 12.2 Å². The van der Waals surface area contributed by atoms with Crippen molar-refractivity contribution in [1.82, 2.24) is 4.58 Å². The van der Waals surface area contributed by atoms with E-state index in [4.69, 9.17) is 10.2 Å². The third-order valence-corrected chi connectivity index (χ3v) is 6.97. The van der Waals surface area contributed by atoms with E-state index in [-0.39, 0.29) is 0 Å². The summed E-state index contributed by atoms with van der Waals surface area (Å²) in [6.07, 6.45) is 7.05. The van der Waals surface area contributed by atoms with Crippen molar-refractivity contribution >= 4 is 22.6 Å². The summed E-state index contributed by atoms with van der Waals surface area (Å²) in [5, 5.41) is 12.0. The SMILES string of the molecule is CCN(CC)c1ccc2c(C3C=CC=CC3(N)C(=O)O)c3ccc(=[N+](CC)CC)cc-3oc2c1. The van der Waals surface area contributed by atoms with Gasteiger partial charge in [0.15, 0.2) is 0 Å². The van der Waals surface area contributed by atoms with Crippen LogP contribution >= 0.6 is 0 Å². The van der Waals surface area contributed by atoms with Crippen molar-refractivity contribution in [2.75, 3.05) is 31.1 Å². The molecule has 0 aromatic heterocycles. The number of fused-ring (bicyclic) bond motifs is 2. The lowest BCUT2D eigenvalue weighted by Gasteiger charge is -2.33. The third-order valence-electron chi connectivity index (χ3n) is 6.97. The number of hydrogen-bond donors (Lipinski definition) is 2. The highest BCUT2D eigenvalue weighted by Crippen LogP contribution is 2.43. The quantitative estimate of drug-likeness (QED) is 0.408. The first-order chi connectivity index (χ1) is 16.4.